The first-order valence-corrected chi connectivity index (χ1v) is 13.5. The molecule has 1 fully saturated rings. The first-order valence-electron chi connectivity index (χ1n) is 13.1. The number of hydrogen-bond donors (Lipinski definition) is 1. The summed E-state index contributed by atoms with van der Waals surface area (Å²) in [5.74, 6) is 1.59. The van der Waals surface area contributed by atoms with Crippen molar-refractivity contribution in [3.63, 3.8) is 0 Å². The van der Waals surface area contributed by atoms with E-state index in [0.717, 1.165) is 10.1 Å². The van der Waals surface area contributed by atoms with Crippen LogP contribution in [0.5, 0.6) is 11.5 Å². The lowest BCUT2D eigenvalue weighted by Gasteiger charge is -2.35. The van der Waals surface area contributed by atoms with Gasteiger partial charge < -0.3 is 19.7 Å². The highest BCUT2D eigenvalue weighted by molar-refractivity contribution is 6.30. The highest BCUT2D eigenvalue weighted by Gasteiger charge is 2.26. The average Bonchev–Trinajstić information content (AvgIpc) is 3.35. The summed E-state index contributed by atoms with van der Waals surface area (Å²) in [6.07, 6.45) is 0. The number of piperazine rings is 1. The van der Waals surface area contributed by atoms with Gasteiger partial charge in [0.2, 0.25) is 11.9 Å². The Hall–Kier alpha value is -4.29. The van der Waals surface area contributed by atoms with Crippen LogP contribution in [-0.2, 0) is 25.4 Å². The number of fused-ring (bicyclic) bond motifs is 1. The van der Waals surface area contributed by atoms with E-state index in [1.165, 1.54) is 11.6 Å². The monoisotopic (exact) mass is 581 g/mol. The fraction of sp³-hybridized carbons (Fsp3) is 0.357. The molecular formula is C28H32ClN7O5. The number of ether oxygens (including phenoxy) is 2. The van der Waals surface area contributed by atoms with Crippen LogP contribution in [0.25, 0.3) is 11.2 Å². The van der Waals surface area contributed by atoms with Gasteiger partial charge in [-0.2, -0.15) is 4.98 Å². The minimum absolute atomic E-state index is 0.168. The zero-order valence-corrected chi connectivity index (χ0v) is 24.1. The summed E-state index contributed by atoms with van der Waals surface area (Å²) in [6, 6.07) is 12.6. The molecule has 1 saturated heterocycles. The second-order valence-corrected chi connectivity index (χ2v) is 10.3. The first-order chi connectivity index (χ1) is 19.7. The Bertz CT molecular complexity index is 1700. The lowest BCUT2D eigenvalue weighted by Crippen LogP contribution is -2.49. The molecular weight excluding hydrogens is 550 g/mol. The molecule has 0 aliphatic carbocycles. The number of rotatable bonds is 8. The van der Waals surface area contributed by atoms with Crippen LogP contribution in [0.15, 0.2) is 52.1 Å². The average molecular weight is 582 g/mol. The Labute approximate surface area is 241 Å². The largest absolute Gasteiger partial charge is 0.497 e. The van der Waals surface area contributed by atoms with Crippen LogP contribution in [0, 0.1) is 0 Å². The van der Waals surface area contributed by atoms with Gasteiger partial charge in [0, 0.05) is 51.4 Å². The highest BCUT2D eigenvalue weighted by atomic mass is 35.5. The molecule has 0 atom stereocenters. The molecule has 41 heavy (non-hydrogen) atoms. The molecule has 3 heterocycles. The topological polar surface area (TPSA) is 116 Å². The number of amides is 1. The van der Waals surface area contributed by atoms with Crippen LogP contribution in [0.3, 0.4) is 0 Å². The Kier molecular flexibility index (Phi) is 8.04. The predicted octanol–water partition coefficient (Wildman–Crippen LogP) is 1.91. The number of imidazole rings is 1. The van der Waals surface area contributed by atoms with Crippen LogP contribution >= 0.6 is 11.6 Å². The number of anilines is 2. The van der Waals surface area contributed by atoms with Gasteiger partial charge in [-0.05, 0) is 29.8 Å². The molecule has 0 spiro atoms. The predicted molar refractivity (Wildman–Crippen MR) is 158 cm³/mol. The van der Waals surface area contributed by atoms with E-state index in [9.17, 15) is 14.4 Å². The van der Waals surface area contributed by atoms with Gasteiger partial charge in [0.15, 0.2) is 11.2 Å². The Morgan fingerprint density at radius 3 is 2.34 bits per heavy atom. The fourth-order valence-electron chi connectivity index (χ4n) is 5.01. The standard InChI is InChI=1S/C28H32ClN7O5/c1-32-25-24(26(38)33(2)28(32)39)36(16-18-5-7-19(29)8-6-18)27(31-25)35-13-11-34(12-14-35)17-23(37)30-21-15-20(40-3)9-10-22(21)41-4/h5-10,15H,11-14,16-17H2,1-4H3,(H,30,37). The molecule has 216 valence electrons. The van der Waals surface area contributed by atoms with E-state index in [4.69, 9.17) is 26.1 Å². The van der Waals surface area contributed by atoms with Gasteiger partial charge in [-0.3, -0.25) is 28.2 Å². The number of aryl methyl sites for hydroxylation is 1. The van der Waals surface area contributed by atoms with Crippen molar-refractivity contribution < 1.29 is 14.3 Å². The summed E-state index contributed by atoms with van der Waals surface area (Å²) in [4.78, 5) is 47.7. The number of hydrogen-bond acceptors (Lipinski definition) is 8. The maximum absolute atomic E-state index is 13.3. The van der Waals surface area contributed by atoms with Crippen LogP contribution in [0.2, 0.25) is 5.02 Å². The molecule has 13 heteroatoms. The molecule has 1 aliphatic heterocycles. The second-order valence-electron chi connectivity index (χ2n) is 9.88. The molecule has 2 aromatic heterocycles. The van der Waals surface area contributed by atoms with Crippen LogP contribution in [-0.4, -0.2) is 76.4 Å². The van der Waals surface area contributed by atoms with Crippen molar-refractivity contribution in [2.24, 2.45) is 14.1 Å². The summed E-state index contributed by atoms with van der Waals surface area (Å²) < 4.78 is 15.0. The summed E-state index contributed by atoms with van der Waals surface area (Å²) in [7, 11) is 6.19. The number of carbonyl (C=O) groups is 1. The number of aromatic nitrogens is 4. The van der Waals surface area contributed by atoms with Gasteiger partial charge in [-0.15, -0.1) is 0 Å². The quantitative estimate of drug-likeness (QED) is 0.336. The van der Waals surface area contributed by atoms with E-state index >= 15 is 0 Å². The SMILES string of the molecule is COc1ccc(OC)c(NC(=O)CN2CCN(c3nc4c(c(=O)n(C)c(=O)n4C)n3Cc3ccc(Cl)cc3)CC2)c1. The fourth-order valence-corrected chi connectivity index (χ4v) is 5.14. The van der Waals surface area contributed by atoms with E-state index in [0.29, 0.717) is 72.0 Å². The molecule has 1 amide bonds. The maximum atomic E-state index is 13.3. The normalized spacial score (nSPS) is 13.9. The molecule has 0 radical (unpaired) electrons. The Balaban J connectivity index is 1.36. The van der Waals surface area contributed by atoms with E-state index in [2.05, 4.69) is 15.1 Å². The molecule has 12 nitrogen and oxygen atoms in total. The van der Waals surface area contributed by atoms with E-state index < -0.39 is 11.2 Å². The van der Waals surface area contributed by atoms with Crippen molar-refractivity contribution in [2.45, 2.75) is 6.54 Å². The smallest absolute Gasteiger partial charge is 0.332 e. The third-order valence-electron chi connectivity index (χ3n) is 7.28. The number of benzene rings is 2. The lowest BCUT2D eigenvalue weighted by atomic mass is 10.2. The summed E-state index contributed by atoms with van der Waals surface area (Å²) in [5.41, 5.74) is 1.32. The number of halogens is 1. The highest BCUT2D eigenvalue weighted by Crippen LogP contribution is 2.29. The Morgan fingerprint density at radius 2 is 1.68 bits per heavy atom. The number of nitrogens with one attached hydrogen (secondary N) is 1. The molecule has 2 aromatic carbocycles. The zero-order valence-electron chi connectivity index (χ0n) is 23.4. The van der Waals surface area contributed by atoms with Crippen molar-refractivity contribution in [3.05, 3.63) is 73.9 Å². The second kappa shape index (κ2) is 11.7. The van der Waals surface area contributed by atoms with Crippen molar-refractivity contribution in [1.29, 1.82) is 0 Å². The third kappa shape index (κ3) is 5.66. The van der Waals surface area contributed by atoms with Crippen LogP contribution in [0.4, 0.5) is 11.6 Å². The summed E-state index contributed by atoms with van der Waals surface area (Å²) in [6.45, 7) is 2.93. The molecule has 0 bridgehead atoms. The van der Waals surface area contributed by atoms with Crippen molar-refractivity contribution in [1.82, 2.24) is 23.6 Å². The number of nitrogens with zero attached hydrogens (tertiary/aromatic N) is 6. The summed E-state index contributed by atoms with van der Waals surface area (Å²) >= 11 is 6.09. The van der Waals surface area contributed by atoms with Crippen LogP contribution in [0.1, 0.15) is 5.56 Å². The zero-order chi connectivity index (χ0) is 29.3. The number of carbonyl (C=O) groups excluding carboxylic acids is 1. The van der Waals surface area contributed by atoms with Crippen molar-refractivity contribution in [3.8, 4) is 11.5 Å². The third-order valence-corrected chi connectivity index (χ3v) is 7.54. The van der Waals surface area contributed by atoms with Gasteiger partial charge >= 0.3 is 5.69 Å². The first kappa shape index (κ1) is 28.2. The van der Waals surface area contributed by atoms with Crippen LogP contribution < -0.4 is 30.9 Å². The minimum atomic E-state index is -0.436. The van der Waals surface area contributed by atoms with Gasteiger partial charge in [-0.1, -0.05) is 23.7 Å². The van der Waals surface area contributed by atoms with E-state index in [1.54, 1.807) is 51.6 Å². The molecule has 1 N–H and O–H groups in total. The molecule has 1 aliphatic rings. The van der Waals surface area contributed by atoms with E-state index in [1.807, 2.05) is 16.7 Å². The molecule has 0 unspecified atom stereocenters. The Morgan fingerprint density at radius 1 is 0.976 bits per heavy atom. The minimum Gasteiger partial charge on any atom is -0.497 e. The van der Waals surface area contributed by atoms with E-state index in [-0.39, 0.29) is 12.5 Å². The van der Waals surface area contributed by atoms with Gasteiger partial charge in [0.05, 0.1) is 33.0 Å². The summed E-state index contributed by atoms with van der Waals surface area (Å²) in [5, 5.41) is 3.53. The van der Waals surface area contributed by atoms with Crippen molar-refractivity contribution >= 4 is 40.3 Å². The van der Waals surface area contributed by atoms with Gasteiger partial charge in [0.25, 0.3) is 5.56 Å². The molecule has 4 aromatic rings. The number of methoxy groups -OCH3 is 2. The van der Waals surface area contributed by atoms with Crippen molar-refractivity contribution in [2.75, 3.05) is 57.2 Å². The lowest BCUT2D eigenvalue weighted by molar-refractivity contribution is -0.117. The maximum Gasteiger partial charge on any atom is 0.332 e. The molecule has 5 rings (SSSR count). The van der Waals surface area contributed by atoms with Gasteiger partial charge in [-0.25, -0.2) is 4.79 Å². The van der Waals surface area contributed by atoms with Gasteiger partial charge in [0.1, 0.15) is 11.5 Å². The molecule has 0 saturated carbocycles.